The lowest BCUT2D eigenvalue weighted by Crippen LogP contribution is -2.64. The zero-order valence-electron chi connectivity index (χ0n) is 64.2. The number of amides is 10. The van der Waals surface area contributed by atoms with Crippen molar-refractivity contribution in [1.29, 1.82) is 0 Å². The van der Waals surface area contributed by atoms with E-state index >= 15 is 28.8 Å². The lowest BCUT2D eigenvalue weighted by Gasteiger charge is -2.41. The van der Waals surface area contributed by atoms with Gasteiger partial charge >= 0.3 is 0 Å². The molecule has 2 aliphatic heterocycles. The number of hydrogen-bond donors (Lipinski definition) is 8. The molecule has 27 nitrogen and oxygen atoms in total. The molecule has 0 radical (unpaired) electrons. The van der Waals surface area contributed by atoms with Crippen LogP contribution in [0.3, 0.4) is 0 Å². The lowest BCUT2D eigenvalue weighted by molar-refractivity contribution is -0.151. The number of carbonyl (C=O) groups is 10. The molecule has 2 saturated heterocycles. The summed E-state index contributed by atoms with van der Waals surface area (Å²) >= 11 is 6.53. The Morgan fingerprint density at radius 3 is 1.73 bits per heavy atom. The molecule has 103 heavy (non-hydrogen) atoms. The molecule has 4 rings (SSSR count). The third kappa shape index (κ3) is 26.9. The van der Waals surface area contributed by atoms with E-state index in [1.54, 1.807) is 66.4 Å². The predicted octanol–water partition coefficient (Wildman–Crippen LogP) is 3.25. The topological polar surface area (TPSA) is 335 Å². The fraction of sp³-hybridized carbons (Fsp3) is 0.707. The maximum atomic E-state index is 15.6. The van der Waals surface area contributed by atoms with Gasteiger partial charge in [0.1, 0.15) is 48.7 Å². The lowest BCUT2D eigenvalue weighted by atomic mass is 9.94. The number of piperidine rings is 1. The van der Waals surface area contributed by atoms with E-state index in [0.717, 1.165) is 11.3 Å². The number of nitrogens with one attached hydrogen (secondary N) is 4. The quantitative estimate of drug-likeness (QED) is 0.0889. The van der Waals surface area contributed by atoms with E-state index in [4.69, 9.17) is 16.3 Å². The van der Waals surface area contributed by atoms with E-state index in [1.165, 1.54) is 85.5 Å². The van der Waals surface area contributed by atoms with Gasteiger partial charge in [-0.3, -0.25) is 58.2 Å². The number of carbonyl (C=O) groups excluding carboxylic acids is 10. The normalized spacial score (nSPS) is 26.2. The summed E-state index contributed by atoms with van der Waals surface area (Å²) in [6.07, 6.45) is -2.84. The summed E-state index contributed by atoms with van der Waals surface area (Å²) in [5.41, 5.74) is 1.21. The first-order valence-electron chi connectivity index (χ1n) is 36.8. The van der Waals surface area contributed by atoms with Crippen LogP contribution in [0.4, 0.5) is 0 Å². The average Bonchev–Trinajstić information content (AvgIpc) is 0.820. The van der Waals surface area contributed by atoms with Crippen LogP contribution in [0.25, 0.3) is 0 Å². The molecule has 8 N–H and O–H groups in total. The highest BCUT2D eigenvalue weighted by molar-refractivity contribution is 6.30. The van der Waals surface area contributed by atoms with Gasteiger partial charge in [0.25, 0.3) is 0 Å². The van der Waals surface area contributed by atoms with Crippen molar-refractivity contribution in [2.24, 2.45) is 23.7 Å². The van der Waals surface area contributed by atoms with E-state index in [2.05, 4.69) is 21.3 Å². The van der Waals surface area contributed by atoms with Gasteiger partial charge in [0.2, 0.25) is 59.1 Å². The van der Waals surface area contributed by atoms with Gasteiger partial charge in [-0.25, -0.2) is 0 Å². The maximum Gasteiger partial charge on any atom is 0.248 e. The number of ether oxygens (including phenoxy) is 1. The molecular formula is C75H123ClN12O15. The number of hydrogen-bond acceptors (Lipinski definition) is 17. The summed E-state index contributed by atoms with van der Waals surface area (Å²) in [6.45, 7) is 18.3. The number of aliphatic hydroxyl groups is 4. The van der Waals surface area contributed by atoms with Gasteiger partial charge in [-0.1, -0.05) is 129 Å². The molecule has 2 aromatic rings. The summed E-state index contributed by atoms with van der Waals surface area (Å²) in [7, 11) is 8.54. The Hall–Kier alpha value is -6.85. The second-order valence-electron chi connectivity index (χ2n) is 29.7. The highest BCUT2D eigenvalue weighted by Gasteiger charge is 2.44. The zero-order valence-corrected chi connectivity index (χ0v) is 64.9. The van der Waals surface area contributed by atoms with Crippen LogP contribution in [-0.2, 0) is 65.5 Å². The SMILES string of the molecule is CCCCN1CC(=O)N(C)[C@@H](Cc2cccc(Cl)c2)C(=O)N(C)[C@@H](CC(C)C)C(O)N[C@@H](COC[C@@H](C)O)C(O)N(C)[C@@H](CC(C)C)C(=O)N[C@H](C(=O)N2CCCCC2)CC(=O)N(C)CC(=O)N(C)[C@@H](Cc2ccccc2)C(=O)N[C@@H]([C@@H](C)CC)C(=O)N(C)[C@@H](CC(C)C)C(=O)N[C@@H]([C@@H](C)O)C1=O. The Labute approximate surface area is 616 Å². The predicted molar refractivity (Wildman–Crippen MR) is 394 cm³/mol. The minimum Gasteiger partial charge on any atom is -0.391 e. The summed E-state index contributed by atoms with van der Waals surface area (Å²) in [4.78, 5) is 160. The first-order valence-corrected chi connectivity index (χ1v) is 37.2. The van der Waals surface area contributed by atoms with E-state index in [-0.39, 0.29) is 69.6 Å². The largest absolute Gasteiger partial charge is 0.391 e. The van der Waals surface area contributed by atoms with Crippen molar-refractivity contribution in [3.63, 3.8) is 0 Å². The molecule has 2 unspecified atom stereocenters. The van der Waals surface area contributed by atoms with Crippen LogP contribution in [0.15, 0.2) is 54.6 Å². The molecule has 28 heteroatoms. The van der Waals surface area contributed by atoms with E-state index in [9.17, 15) is 39.6 Å². The second-order valence-corrected chi connectivity index (χ2v) is 30.2. The average molecular weight is 1470 g/mol. The van der Waals surface area contributed by atoms with Crippen molar-refractivity contribution in [2.75, 3.05) is 88.2 Å². The Balaban J connectivity index is 2.00. The Kier molecular flexibility index (Phi) is 36.9. The van der Waals surface area contributed by atoms with Gasteiger partial charge in [-0.2, -0.15) is 0 Å². The molecular weight excluding hydrogens is 1340 g/mol. The molecule has 580 valence electrons. The van der Waals surface area contributed by atoms with Crippen molar-refractivity contribution >= 4 is 70.7 Å². The van der Waals surface area contributed by atoms with Crippen molar-refractivity contribution < 1.29 is 73.1 Å². The number of benzene rings is 2. The summed E-state index contributed by atoms with van der Waals surface area (Å²) in [5, 5.41) is 59.1. The van der Waals surface area contributed by atoms with Gasteiger partial charge in [0, 0.05) is 72.7 Å². The van der Waals surface area contributed by atoms with Crippen molar-refractivity contribution in [3.05, 3.63) is 70.7 Å². The van der Waals surface area contributed by atoms with Crippen molar-refractivity contribution in [2.45, 2.75) is 232 Å². The van der Waals surface area contributed by atoms with Gasteiger partial charge in [0.15, 0.2) is 0 Å². The van der Waals surface area contributed by atoms with Crippen LogP contribution in [-0.4, -0.2) is 286 Å². The molecule has 0 spiro atoms. The van der Waals surface area contributed by atoms with Crippen LogP contribution < -0.4 is 21.3 Å². The number of unbranched alkanes of at least 4 members (excludes halogenated alkanes) is 1. The number of aliphatic hydroxyl groups excluding tert-OH is 4. The van der Waals surface area contributed by atoms with E-state index < -0.39 is 164 Å². The molecule has 0 bridgehead atoms. The molecule has 2 aromatic carbocycles. The first kappa shape index (κ1) is 88.5. The number of halogens is 1. The standard InChI is InChI=1S/C75H123ClN12O15/c1-18-20-32-88-43-64(93)83(14)61(40-53-30-27-31-54(76)38-53)73(100)85(16)58(36-47(5)6)68(95)78-56(45-103-44-50(10)89)71(98)84(15)57(35-46(3)4)67(94)77-55(72(99)87-33-25-22-26-34-87)41-62(91)81(12)42-63(92)82(13)60(39-52-28-23-21-24-29-52)70(97)79-65(49(9)19-2)74(101)86(17)59(37-48(7)8)69(96)80-66(51(11)90)75(88)102/h21,23-24,27-31,38,46-51,55-61,65-66,68,71,78,89-90,95,98H,18-20,22,25-26,32-37,39-45H2,1-17H3,(H,77,94)(H,79,97)(H,80,96)/t49-,50+,51+,55-,56-,57-,58-,59-,60-,61-,65-,66-,68?,71?/m0/s1. The third-order valence-electron chi connectivity index (χ3n) is 19.6. The maximum absolute atomic E-state index is 15.6. The van der Waals surface area contributed by atoms with Crippen LogP contribution in [0.5, 0.6) is 0 Å². The second kappa shape index (κ2) is 42.9. The number of likely N-dealkylation sites (tertiary alicyclic amines) is 1. The molecule has 2 fully saturated rings. The first-order chi connectivity index (χ1) is 48.4. The number of likely N-dealkylation sites (N-methyl/N-ethyl adjacent to an activating group) is 6. The van der Waals surface area contributed by atoms with Gasteiger partial charge in [-0.15, -0.1) is 0 Å². The van der Waals surface area contributed by atoms with Gasteiger partial charge in [0.05, 0.1) is 63.1 Å². The van der Waals surface area contributed by atoms with Crippen LogP contribution in [0.1, 0.15) is 151 Å². The monoisotopic (exact) mass is 1470 g/mol. The minimum atomic E-state index is -1.69. The molecule has 14 atom stereocenters. The molecule has 2 aliphatic rings. The van der Waals surface area contributed by atoms with Crippen LogP contribution in [0.2, 0.25) is 5.02 Å². The van der Waals surface area contributed by atoms with Crippen molar-refractivity contribution in [1.82, 2.24) is 60.5 Å². The fourth-order valence-corrected chi connectivity index (χ4v) is 13.2. The zero-order chi connectivity index (χ0) is 77.3. The number of nitrogens with zero attached hydrogens (tertiary/aromatic N) is 8. The third-order valence-corrected chi connectivity index (χ3v) is 19.9. The van der Waals surface area contributed by atoms with Crippen LogP contribution in [0, 0.1) is 23.7 Å². The smallest absolute Gasteiger partial charge is 0.248 e. The van der Waals surface area contributed by atoms with Crippen molar-refractivity contribution in [3.8, 4) is 0 Å². The highest BCUT2D eigenvalue weighted by atomic mass is 35.5. The van der Waals surface area contributed by atoms with E-state index in [0.29, 0.717) is 61.3 Å². The Morgan fingerprint density at radius 1 is 0.602 bits per heavy atom. The Bertz CT molecular complexity index is 3070. The Morgan fingerprint density at radius 2 is 1.16 bits per heavy atom. The molecule has 0 saturated carbocycles. The molecule has 0 aliphatic carbocycles. The van der Waals surface area contributed by atoms with Gasteiger partial charge in [-0.05, 0) is 113 Å². The number of rotatable bonds is 21. The van der Waals surface area contributed by atoms with E-state index in [1.807, 2.05) is 55.4 Å². The van der Waals surface area contributed by atoms with Gasteiger partial charge < -0.3 is 75.4 Å². The minimum absolute atomic E-state index is 0.0227. The summed E-state index contributed by atoms with van der Waals surface area (Å²) < 4.78 is 5.93. The molecule has 2 heterocycles. The van der Waals surface area contributed by atoms with Crippen LogP contribution >= 0.6 is 11.6 Å². The fourth-order valence-electron chi connectivity index (χ4n) is 13.0. The summed E-state index contributed by atoms with van der Waals surface area (Å²) in [6, 6.07) is 3.62. The summed E-state index contributed by atoms with van der Waals surface area (Å²) in [5.74, 6) is -8.31. The molecule has 10 amide bonds. The highest BCUT2D eigenvalue weighted by Crippen LogP contribution is 2.25. The molecule has 0 aromatic heterocycles.